The number of anilines is 2. The first-order valence-corrected chi connectivity index (χ1v) is 12.8. The van der Waals surface area contributed by atoms with Crippen LogP contribution in [0.5, 0.6) is 0 Å². The van der Waals surface area contributed by atoms with Crippen LogP contribution < -0.4 is 10.2 Å². The summed E-state index contributed by atoms with van der Waals surface area (Å²) < 4.78 is 47.9. The van der Waals surface area contributed by atoms with E-state index in [1.54, 1.807) is 31.2 Å². The molecule has 9 heteroatoms. The Bertz CT molecular complexity index is 1130. The zero-order valence-electron chi connectivity index (χ0n) is 19.0. The molecule has 2 saturated heterocycles. The molecule has 2 fully saturated rings. The highest BCUT2D eigenvalue weighted by Crippen LogP contribution is 2.28. The van der Waals surface area contributed by atoms with E-state index in [4.69, 9.17) is 4.74 Å². The number of carbonyl (C=O) groups is 1. The summed E-state index contributed by atoms with van der Waals surface area (Å²) in [5.41, 5.74) is 1.67. The van der Waals surface area contributed by atoms with E-state index in [1.165, 1.54) is 16.4 Å². The number of nitrogens with zero attached hydrogens (tertiary/aromatic N) is 2. The smallest absolute Gasteiger partial charge is 0.255 e. The number of morpholine rings is 1. The fraction of sp³-hybridized carbons (Fsp3) is 0.458. The van der Waals surface area contributed by atoms with Crippen LogP contribution in [0.25, 0.3) is 0 Å². The number of rotatable bonds is 5. The molecule has 2 aliphatic heterocycles. The maximum Gasteiger partial charge on any atom is 0.255 e. The van der Waals surface area contributed by atoms with Crippen LogP contribution in [-0.4, -0.2) is 57.5 Å². The van der Waals surface area contributed by atoms with Gasteiger partial charge in [0.1, 0.15) is 5.82 Å². The first-order chi connectivity index (χ1) is 15.8. The average Bonchev–Trinajstić information content (AvgIpc) is 2.80. The molecule has 2 heterocycles. The molecule has 1 unspecified atom stereocenters. The first kappa shape index (κ1) is 23.7. The van der Waals surface area contributed by atoms with Crippen LogP contribution in [-0.2, 0) is 14.8 Å². The highest BCUT2D eigenvalue weighted by atomic mass is 32.2. The lowest BCUT2D eigenvalue weighted by Gasteiger charge is -2.32. The Morgan fingerprint density at radius 2 is 1.85 bits per heavy atom. The molecule has 1 amide bonds. The molecule has 2 aromatic carbocycles. The van der Waals surface area contributed by atoms with Crippen molar-refractivity contribution in [3.05, 3.63) is 53.3 Å². The lowest BCUT2D eigenvalue weighted by Crippen LogP contribution is -2.42. The van der Waals surface area contributed by atoms with Gasteiger partial charge in [-0.1, -0.05) is 12.5 Å². The predicted molar refractivity (Wildman–Crippen MR) is 126 cm³/mol. The molecule has 178 valence electrons. The van der Waals surface area contributed by atoms with E-state index in [0.29, 0.717) is 49.8 Å². The van der Waals surface area contributed by atoms with E-state index in [1.807, 2.05) is 11.8 Å². The van der Waals surface area contributed by atoms with Gasteiger partial charge in [0.15, 0.2) is 0 Å². The second kappa shape index (κ2) is 9.79. The van der Waals surface area contributed by atoms with E-state index in [-0.39, 0.29) is 16.5 Å². The Balaban J connectivity index is 1.54. The molecule has 0 spiro atoms. The number of hydrogen-bond acceptors (Lipinski definition) is 5. The van der Waals surface area contributed by atoms with Crippen LogP contribution in [0.3, 0.4) is 0 Å². The van der Waals surface area contributed by atoms with Crippen molar-refractivity contribution >= 4 is 27.3 Å². The monoisotopic (exact) mass is 475 g/mol. The van der Waals surface area contributed by atoms with Gasteiger partial charge < -0.3 is 15.0 Å². The van der Waals surface area contributed by atoms with Crippen molar-refractivity contribution in [1.82, 2.24) is 4.31 Å². The summed E-state index contributed by atoms with van der Waals surface area (Å²) in [5, 5.41) is 2.71. The van der Waals surface area contributed by atoms with E-state index in [9.17, 15) is 17.6 Å². The fourth-order valence-corrected chi connectivity index (χ4v) is 6.14. The van der Waals surface area contributed by atoms with E-state index < -0.39 is 21.7 Å². The van der Waals surface area contributed by atoms with Gasteiger partial charge in [-0.15, -0.1) is 0 Å². The fourth-order valence-electron chi connectivity index (χ4n) is 4.41. The summed E-state index contributed by atoms with van der Waals surface area (Å²) in [6.45, 7) is 6.45. The van der Waals surface area contributed by atoms with Gasteiger partial charge in [0.25, 0.3) is 5.91 Å². The highest BCUT2D eigenvalue weighted by molar-refractivity contribution is 7.89. The summed E-state index contributed by atoms with van der Waals surface area (Å²) in [7, 11) is -3.70. The lowest BCUT2D eigenvalue weighted by atomic mass is 10.1. The van der Waals surface area contributed by atoms with Gasteiger partial charge in [0.2, 0.25) is 10.0 Å². The largest absolute Gasteiger partial charge is 0.378 e. The molecular weight excluding hydrogens is 445 g/mol. The Morgan fingerprint density at radius 1 is 1.09 bits per heavy atom. The molecule has 1 atom stereocenters. The van der Waals surface area contributed by atoms with Crippen LogP contribution in [0, 0.1) is 12.7 Å². The van der Waals surface area contributed by atoms with Crippen LogP contribution >= 0.6 is 0 Å². The number of halogens is 1. The van der Waals surface area contributed by atoms with Crippen molar-refractivity contribution in [2.45, 2.75) is 44.0 Å². The molecule has 1 N–H and O–H groups in total. The van der Waals surface area contributed by atoms with Crippen molar-refractivity contribution < 1.29 is 22.3 Å². The van der Waals surface area contributed by atoms with Gasteiger partial charge in [0, 0.05) is 36.9 Å². The van der Waals surface area contributed by atoms with E-state index >= 15 is 0 Å². The van der Waals surface area contributed by atoms with Gasteiger partial charge >= 0.3 is 0 Å². The summed E-state index contributed by atoms with van der Waals surface area (Å²) in [5.74, 6) is -0.906. The average molecular weight is 476 g/mol. The maximum absolute atomic E-state index is 14.7. The third-order valence-electron chi connectivity index (χ3n) is 6.36. The van der Waals surface area contributed by atoms with Crippen LogP contribution in [0.1, 0.15) is 42.1 Å². The maximum atomic E-state index is 14.7. The van der Waals surface area contributed by atoms with Crippen LogP contribution in [0.15, 0.2) is 41.3 Å². The molecule has 0 radical (unpaired) electrons. The Kier molecular flexibility index (Phi) is 7.02. The van der Waals surface area contributed by atoms with Crippen molar-refractivity contribution in [2.24, 2.45) is 0 Å². The van der Waals surface area contributed by atoms with Crippen molar-refractivity contribution in [3.63, 3.8) is 0 Å². The number of benzene rings is 2. The number of amides is 1. The first-order valence-electron chi connectivity index (χ1n) is 11.3. The van der Waals surface area contributed by atoms with E-state index in [2.05, 4.69) is 5.32 Å². The standard InChI is InChI=1S/C24H30FN3O4S/c1-17-6-8-20(33(30,31)28-10-4-3-5-18(28)2)16-21(17)24(29)26-19-7-9-23(22(25)15-19)27-11-13-32-14-12-27/h6-9,15-16,18H,3-5,10-14H2,1-2H3,(H,26,29). The molecular formula is C24H30FN3O4S. The normalized spacial score (nSPS) is 20.0. The second-order valence-corrected chi connectivity index (χ2v) is 10.5. The van der Waals surface area contributed by atoms with Crippen molar-refractivity contribution in [3.8, 4) is 0 Å². The van der Waals surface area contributed by atoms with Crippen LogP contribution in [0.4, 0.5) is 15.8 Å². The van der Waals surface area contributed by atoms with Crippen molar-refractivity contribution in [1.29, 1.82) is 0 Å². The summed E-state index contributed by atoms with van der Waals surface area (Å²) in [6.07, 6.45) is 2.66. The summed E-state index contributed by atoms with van der Waals surface area (Å²) >= 11 is 0. The number of aryl methyl sites for hydroxylation is 1. The molecule has 2 aliphatic rings. The van der Waals surface area contributed by atoms with Gasteiger partial charge in [-0.25, -0.2) is 12.8 Å². The van der Waals surface area contributed by atoms with Gasteiger partial charge in [-0.2, -0.15) is 4.31 Å². The number of ether oxygens (including phenoxy) is 1. The van der Waals surface area contributed by atoms with Crippen LogP contribution in [0.2, 0.25) is 0 Å². The molecule has 7 nitrogen and oxygen atoms in total. The zero-order valence-corrected chi connectivity index (χ0v) is 19.8. The molecule has 4 rings (SSSR count). The third kappa shape index (κ3) is 5.05. The van der Waals surface area contributed by atoms with Gasteiger partial charge in [-0.3, -0.25) is 4.79 Å². The minimum absolute atomic E-state index is 0.0738. The van der Waals surface area contributed by atoms with Crippen molar-refractivity contribution in [2.75, 3.05) is 43.1 Å². The number of hydrogen-bond donors (Lipinski definition) is 1. The summed E-state index contributed by atoms with van der Waals surface area (Å²) in [6, 6.07) is 9.10. The highest BCUT2D eigenvalue weighted by Gasteiger charge is 2.31. The number of sulfonamides is 1. The van der Waals surface area contributed by atoms with Gasteiger partial charge in [0.05, 0.1) is 23.8 Å². The van der Waals surface area contributed by atoms with E-state index in [0.717, 1.165) is 19.3 Å². The lowest BCUT2D eigenvalue weighted by molar-refractivity contribution is 0.102. The molecule has 0 aliphatic carbocycles. The molecule has 2 aromatic rings. The molecule has 0 bridgehead atoms. The predicted octanol–water partition coefficient (Wildman–Crippen LogP) is 3.79. The Morgan fingerprint density at radius 3 is 2.55 bits per heavy atom. The molecule has 0 saturated carbocycles. The Hall–Kier alpha value is -2.49. The number of piperidine rings is 1. The number of nitrogens with one attached hydrogen (secondary N) is 1. The minimum atomic E-state index is -3.70. The second-order valence-electron chi connectivity index (χ2n) is 8.66. The third-order valence-corrected chi connectivity index (χ3v) is 8.37. The topological polar surface area (TPSA) is 79.0 Å². The molecule has 0 aromatic heterocycles. The number of carbonyl (C=O) groups excluding carboxylic acids is 1. The minimum Gasteiger partial charge on any atom is -0.378 e. The quantitative estimate of drug-likeness (QED) is 0.712. The SMILES string of the molecule is Cc1ccc(S(=O)(=O)N2CCCCC2C)cc1C(=O)Nc1ccc(N2CCOCC2)c(F)c1. The zero-order chi connectivity index (χ0) is 23.6. The molecule has 33 heavy (non-hydrogen) atoms. The Labute approximate surface area is 194 Å². The van der Waals surface area contributed by atoms with Gasteiger partial charge in [-0.05, 0) is 62.6 Å². The summed E-state index contributed by atoms with van der Waals surface area (Å²) in [4.78, 5) is 15.0.